The molecular formula is C17H19NO3. The molecule has 0 radical (unpaired) electrons. The summed E-state index contributed by atoms with van der Waals surface area (Å²) in [6.45, 7) is 1.71. The number of carbonyl (C=O) groups excluding carboxylic acids is 2. The lowest BCUT2D eigenvalue weighted by Crippen LogP contribution is -2.35. The van der Waals surface area contributed by atoms with Crippen molar-refractivity contribution in [1.29, 1.82) is 0 Å². The van der Waals surface area contributed by atoms with Crippen molar-refractivity contribution in [2.45, 2.75) is 26.2 Å². The van der Waals surface area contributed by atoms with E-state index in [4.69, 9.17) is 4.84 Å². The third-order valence-electron chi connectivity index (χ3n) is 3.44. The van der Waals surface area contributed by atoms with Crippen LogP contribution in [0.3, 0.4) is 0 Å². The van der Waals surface area contributed by atoms with Gasteiger partial charge in [-0.25, -0.2) is 4.79 Å². The van der Waals surface area contributed by atoms with E-state index in [1.165, 1.54) is 6.08 Å². The molecule has 21 heavy (non-hydrogen) atoms. The molecule has 1 aliphatic carbocycles. The highest BCUT2D eigenvalue weighted by atomic mass is 16.7. The minimum absolute atomic E-state index is 0.275. The van der Waals surface area contributed by atoms with Crippen molar-refractivity contribution >= 4 is 11.9 Å². The van der Waals surface area contributed by atoms with E-state index in [0.29, 0.717) is 6.42 Å². The number of carbonyl (C=O) groups is 2. The number of hydrogen-bond acceptors (Lipinski definition) is 3. The number of allylic oxidation sites excluding steroid dienone is 2. The van der Waals surface area contributed by atoms with Crippen molar-refractivity contribution < 1.29 is 14.4 Å². The number of hydroxylamine groups is 1. The molecule has 1 N–H and O–H groups in total. The molecule has 2 rings (SSSR count). The molecule has 0 spiro atoms. The minimum Gasteiger partial charge on any atom is -0.336 e. The average molecular weight is 285 g/mol. The van der Waals surface area contributed by atoms with Crippen molar-refractivity contribution in [1.82, 2.24) is 5.48 Å². The first-order chi connectivity index (χ1) is 10.2. The lowest BCUT2D eigenvalue weighted by molar-refractivity contribution is -0.154. The van der Waals surface area contributed by atoms with E-state index in [2.05, 4.69) is 11.6 Å². The molecule has 0 saturated heterocycles. The number of benzene rings is 1. The van der Waals surface area contributed by atoms with Gasteiger partial charge in [0.2, 0.25) is 0 Å². The minimum atomic E-state index is -0.577. The summed E-state index contributed by atoms with van der Waals surface area (Å²) in [5, 5.41) is 0. The van der Waals surface area contributed by atoms with Gasteiger partial charge in [-0.1, -0.05) is 48.1 Å². The normalized spacial score (nSPS) is 15.0. The van der Waals surface area contributed by atoms with E-state index in [1.807, 2.05) is 30.3 Å². The zero-order chi connectivity index (χ0) is 15.1. The summed E-state index contributed by atoms with van der Waals surface area (Å²) >= 11 is 0. The highest BCUT2D eigenvalue weighted by Gasteiger charge is 2.26. The predicted octanol–water partition coefficient (Wildman–Crippen LogP) is 2.72. The zero-order valence-electron chi connectivity index (χ0n) is 12.0. The zero-order valence-corrected chi connectivity index (χ0v) is 12.0. The van der Waals surface area contributed by atoms with Crippen LogP contribution in [0.4, 0.5) is 0 Å². The Kier molecular flexibility index (Phi) is 5.32. The molecule has 0 aromatic heterocycles. The smallest absolute Gasteiger partial charge is 0.336 e. The van der Waals surface area contributed by atoms with Crippen LogP contribution in [0.2, 0.25) is 0 Å². The molecule has 1 unspecified atom stereocenters. The number of nitrogens with one attached hydrogen (secondary N) is 1. The molecule has 0 saturated carbocycles. The van der Waals surface area contributed by atoms with Crippen LogP contribution in [0.25, 0.3) is 0 Å². The van der Waals surface area contributed by atoms with E-state index in [-0.39, 0.29) is 11.8 Å². The summed E-state index contributed by atoms with van der Waals surface area (Å²) < 4.78 is 0. The Hall–Kier alpha value is -2.36. The van der Waals surface area contributed by atoms with Crippen molar-refractivity contribution in [2.75, 3.05) is 0 Å². The van der Waals surface area contributed by atoms with Crippen molar-refractivity contribution in [2.24, 2.45) is 5.92 Å². The fourth-order valence-electron chi connectivity index (χ4n) is 2.21. The molecule has 1 aliphatic rings. The van der Waals surface area contributed by atoms with Crippen LogP contribution >= 0.6 is 0 Å². The molecular weight excluding hydrogens is 266 g/mol. The van der Waals surface area contributed by atoms with Crippen LogP contribution in [0.5, 0.6) is 0 Å². The van der Waals surface area contributed by atoms with Crippen molar-refractivity contribution in [3.8, 4) is 0 Å². The van der Waals surface area contributed by atoms with Gasteiger partial charge in [0, 0.05) is 6.08 Å². The Bertz CT molecular complexity index is 561. The fraction of sp³-hybridized carbons (Fsp3) is 0.294. The van der Waals surface area contributed by atoms with Crippen LogP contribution in [-0.2, 0) is 20.8 Å². The SMILES string of the molecule is CC=CC(=O)ONC(=O)C(Cc1ccccc1)C1=CCC1. The molecule has 1 aromatic carbocycles. The van der Waals surface area contributed by atoms with Gasteiger partial charge < -0.3 is 4.84 Å². The number of amides is 1. The summed E-state index contributed by atoms with van der Waals surface area (Å²) in [6, 6.07) is 9.83. The third kappa shape index (κ3) is 4.31. The van der Waals surface area contributed by atoms with Gasteiger partial charge in [-0.15, -0.1) is 0 Å². The second kappa shape index (κ2) is 7.43. The van der Waals surface area contributed by atoms with Crippen molar-refractivity contribution in [3.63, 3.8) is 0 Å². The second-order valence-corrected chi connectivity index (χ2v) is 4.95. The monoisotopic (exact) mass is 285 g/mol. The van der Waals surface area contributed by atoms with E-state index < -0.39 is 5.97 Å². The fourth-order valence-corrected chi connectivity index (χ4v) is 2.21. The third-order valence-corrected chi connectivity index (χ3v) is 3.44. The molecule has 1 aromatic rings. The Morgan fingerprint density at radius 1 is 1.33 bits per heavy atom. The van der Waals surface area contributed by atoms with Gasteiger partial charge in [0.1, 0.15) is 0 Å². The molecule has 1 amide bonds. The van der Waals surface area contributed by atoms with Crippen LogP contribution in [0, 0.1) is 5.92 Å². The molecule has 0 aliphatic heterocycles. The first-order valence-electron chi connectivity index (χ1n) is 7.07. The largest absolute Gasteiger partial charge is 0.355 e. The lowest BCUT2D eigenvalue weighted by Gasteiger charge is -2.24. The van der Waals surface area contributed by atoms with Gasteiger partial charge in [0.25, 0.3) is 5.91 Å². The average Bonchev–Trinajstić information content (AvgIpc) is 2.43. The first kappa shape index (κ1) is 15.0. The highest BCUT2D eigenvalue weighted by molar-refractivity contribution is 5.86. The molecule has 1 atom stereocenters. The lowest BCUT2D eigenvalue weighted by atomic mass is 9.82. The summed E-state index contributed by atoms with van der Waals surface area (Å²) in [5.41, 5.74) is 4.45. The van der Waals surface area contributed by atoms with Gasteiger partial charge in [0.15, 0.2) is 0 Å². The van der Waals surface area contributed by atoms with E-state index in [1.54, 1.807) is 13.0 Å². The van der Waals surface area contributed by atoms with Gasteiger partial charge in [-0.05, 0) is 31.7 Å². The maximum absolute atomic E-state index is 12.2. The summed E-state index contributed by atoms with van der Waals surface area (Å²) in [5.74, 6) is -1.13. The standard InChI is InChI=1S/C17H19NO3/c1-2-7-16(19)21-18-17(20)15(14-10-6-11-14)12-13-8-4-3-5-9-13/h2-5,7-10,15H,6,11-12H2,1H3,(H,18,20). The number of rotatable bonds is 5. The maximum atomic E-state index is 12.2. The molecule has 0 fully saturated rings. The van der Waals surface area contributed by atoms with Crippen molar-refractivity contribution in [3.05, 3.63) is 59.7 Å². The van der Waals surface area contributed by atoms with Crippen LogP contribution in [-0.4, -0.2) is 11.9 Å². The second-order valence-electron chi connectivity index (χ2n) is 4.95. The molecule has 0 heterocycles. The Morgan fingerprint density at radius 3 is 2.62 bits per heavy atom. The Balaban J connectivity index is 1.99. The highest BCUT2D eigenvalue weighted by Crippen LogP contribution is 2.29. The quantitative estimate of drug-likeness (QED) is 0.514. The summed E-state index contributed by atoms with van der Waals surface area (Å²) in [4.78, 5) is 28.2. The van der Waals surface area contributed by atoms with E-state index >= 15 is 0 Å². The van der Waals surface area contributed by atoms with E-state index in [9.17, 15) is 9.59 Å². The van der Waals surface area contributed by atoms with Crippen LogP contribution in [0.15, 0.2) is 54.1 Å². The van der Waals surface area contributed by atoms with Crippen LogP contribution < -0.4 is 5.48 Å². The van der Waals surface area contributed by atoms with Gasteiger partial charge >= 0.3 is 5.97 Å². The van der Waals surface area contributed by atoms with Crippen LogP contribution in [0.1, 0.15) is 25.3 Å². The number of hydrogen-bond donors (Lipinski definition) is 1. The summed E-state index contributed by atoms with van der Waals surface area (Å²) in [7, 11) is 0. The van der Waals surface area contributed by atoms with Gasteiger partial charge in [-0.3, -0.25) is 4.79 Å². The molecule has 110 valence electrons. The predicted molar refractivity (Wildman–Crippen MR) is 80.0 cm³/mol. The Morgan fingerprint density at radius 2 is 2.05 bits per heavy atom. The van der Waals surface area contributed by atoms with Gasteiger partial charge in [-0.2, -0.15) is 5.48 Å². The molecule has 4 nitrogen and oxygen atoms in total. The topological polar surface area (TPSA) is 55.4 Å². The molecule has 4 heteroatoms. The first-order valence-corrected chi connectivity index (χ1v) is 7.07. The Labute approximate surface area is 124 Å². The molecule has 0 bridgehead atoms. The summed E-state index contributed by atoms with van der Waals surface area (Å²) in [6.07, 6.45) is 7.43. The maximum Gasteiger partial charge on any atom is 0.355 e. The van der Waals surface area contributed by atoms with Gasteiger partial charge in [0.05, 0.1) is 5.92 Å². The van der Waals surface area contributed by atoms with E-state index in [0.717, 1.165) is 24.0 Å².